The van der Waals surface area contributed by atoms with E-state index in [-0.39, 0.29) is 36.8 Å². The Morgan fingerprint density at radius 2 is 1.84 bits per heavy atom. The van der Waals surface area contributed by atoms with E-state index in [2.05, 4.69) is 5.32 Å². The number of hydrogen-bond acceptors (Lipinski definition) is 4. The number of amides is 1. The summed E-state index contributed by atoms with van der Waals surface area (Å²) < 4.78 is 23.6. The third kappa shape index (κ3) is 3.57. The molecule has 9 heteroatoms. The molecule has 112 valence electrons. The number of hydrogen-bond donors (Lipinski definition) is 2. The zero-order valence-electron chi connectivity index (χ0n) is 11.0. The van der Waals surface area contributed by atoms with Crippen molar-refractivity contribution in [1.82, 2.24) is 14.5 Å². The summed E-state index contributed by atoms with van der Waals surface area (Å²) in [4.78, 5) is 14.1. The van der Waals surface area contributed by atoms with Crippen LogP contribution < -0.4 is 10.5 Å². The van der Waals surface area contributed by atoms with Crippen molar-refractivity contribution in [3.05, 3.63) is 0 Å². The number of halogens is 1. The molecule has 19 heavy (non-hydrogen) atoms. The smallest absolute Gasteiger partial charge is 0.277 e. The van der Waals surface area contributed by atoms with Crippen molar-refractivity contribution >= 4 is 28.5 Å². The average molecular weight is 313 g/mol. The van der Waals surface area contributed by atoms with Crippen LogP contribution in [0.3, 0.4) is 0 Å². The van der Waals surface area contributed by atoms with Crippen molar-refractivity contribution in [2.45, 2.75) is 13.3 Å². The van der Waals surface area contributed by atoms with Gasteiger partial charge in [-0.25, -0.2) is 5.14 Å². The van der Waals surface area contributed by atoms with Crippen LogP contribution >= 0.6 is 12.4 Å². The first kappa shape index (κ1) is 16.6. The summed E-state index contributed by atoms with van der Waals surface area (Å²) in [7, 11) is -3.63. The Bertz CT molecular complexity index is 428. The standard InChI is InChI=1S/C10H20N4O3S.ClH/c1-10(2-3-12-8-10)9(15)13-4-6-14(7-5-13)18(11,16)17;/h12H,2-8H2,1H3,(H2,11,16,17);1H. The van der Waals surface area contributed by atoms with E-state index in [0.29, 0.717) is 19.6 Å². The Morgan fingerprint density at radius 3 is 2.26 bits per heavy atom. The highest BCUT2D eigenvalue weighted by Gasteiger charge is 2.40. The molecule has 7 nitrogen and oxygen atoms in total. The van der Waals surface area contributed by atoms with E-state index in [9.17, 15) is 13.2 Å². The molecular weight excluding hydrogens is 292 g/mol. The van der Waals surface area contributed by atoms with Gasteiger partial charge in [-0.15, -0.1) is 12.4 Å². The summed E-state index contributed by atoms with van der Waals surface area (Å²) in [5.41, 5.74) is -0.343. The number of nitrogens with one attached hydrogen (secondary N) is 1. The highest BCUT2D eigenvalue weighted by atomic mass is 35.5. The predicted octanol–water partition coefficient (Wildman–Crippen LogP) is -1.24. The van der Waals surface area contributed by atoms with Crippen LogP contribution in [-0.2, 0) is 15.0 Å². The van der Waals surface area contributed by atoms with Gasteiger partial charge in [-0.3, -0.25) is 4.79 Å². The van der Waals surface area contributed by atoms with E-state index in [1.54, 1.807) is 4.90 Å². The third-order valence-electron chi connectivity index (χ3n) is 3.77. The summed E-state index contributed by atoms with van der Waals surface area (Å²) in [6.45, 7) is 4.93. The molecule has 2 aliphatic heterocycles. The minimum Gasteiger partial charge on any atom is -0.340 e. The minimum atomic E-state index is -3.63. The number of carbonyl (C=O) groups is 1. The number of nitrogens with two attached hydrogens (primary N) is 1. The van der Waals surface area contributed by atoms with Gasteiger partial charge in [-0.2, -0.15) is 12.7 Å². The molecule has 2 heterocycles. The van der Waals surface area contributed by atoms with Crippen LogP contribution in [0.5, 0.6) is 0 Å². The Kier molecular flexibility index (Phi) is 5.19. The summed E-state index contributed by atoms with van der Waals surface area (Å²) in [5.74, 6) is 0.113. The molecule has 2 saturated heterocycles. The van der Waals surface area contributed by atoms with Gasteiger partial charge in [0.25, 0.3) is 10.2 Å². The lowest BCUT2D eigenvalue weighted by Gasteiger charge is -2.37. The fourth-order valence-electron chi connectivity index (χ4n) is 2.53. The number of nitrogens with zero attached hydrogens (tertiary/aromatic N) is 2. The molecule has 1 amide bonds. The first-order chi connectivity index (χ1) is 8.33. The first-order valence-corrected chi connectivity index (χ1v) is 7.61. The summed E-state index contributed by atoms with van der Waals surface area (Å²) in [6, 6.07) is 0. The number of rotatable bonds is 2. The van der Waals surface area contributed by atoms with Gasteiger partial charge in [-0.1, -0.05) is 0 Å². The van der Waals surface area contributed by atoms with E-state index < -0.39 is 10.2 Å². The molecule has 0 aliphatic carbocycles. The Labute approximate surface area is 120 Å². The van der Waals surface area contributed by atoms with Crippen molar-refractivity contribution in [2.75, 3.05) is 39.3 Å². The second kappa shape index (κ2) is 5.92. The van der Waals surface area contributed by atoms with Crippen LogP contribution in [0.25, 0.3) is 0 Å². The Balaban J connectivity index is 0.00000180. The zero-order chi connectivity index (χ0) is 13.4. The lowest BCUT2D eigenvalue weighted by Crippen LogP contribution is -2.55. The molecule has 2 rings (SSSR count). The monoisotopic (exact) mass is 312 g/mol. The molecule has 2 aliphatic rings. The Morgan fingerprint density at radius 1 is 1.26 bits per heavy atom. The first-order valence-electron chi connectivity index (χ1n) is 6.11. The van der Waals surface area contributed by atoms with Gasteiger partial charge >= 0.3 is 0 Å². The van der Waals surface area contributed by atoms with E-state index in [0.717, 1.165) is 13.0 Å². The quantitative estimate of drug-likeness (QED) is 0.666. The fraction of sp³-hybridized carbons (Fsp3) is 0.900. The molecule has 3 N–H and O–H groups in total. The van der Waals surface area contributed by atoms with E-state index in [1.165, 1.54) is 4.31 Å². The maximum atomic E-state index is 12.4. The lowest BCUT2D eigenvalue weighted by atomic mass is 9.88. The predicted molar refractivity (Wildman–Crippen MR) is 74.1 cm³/mol. The van der Waals surface area contributed by atoms with Gasteiger partial charge in [0.2, 0.25) is 5.91 Å². The van der Waals surface area contributed by atoms with E-state index in [4.69, 9.17) is 5.14 Å². The van der Waals surface area contributed by atoms with Gasteiger partial charge in [0.1, 0.15) is 0 Å². The van der Waals surface area contributed by atoms with E-state index in [1.807, 2.05) is 6.92 Å². The van der Waals surface area contributed by atoms with Crippen molar-refractivity contribution in [1.29, 1.82) is 0 Å². The average Bonchev–Trinajstić information content (AvgIpc) is 2.75. The van der Waals surface area contributed by atoms with Crippen molar-refractivity contribution < 1.29 is 13.2 Å². The molecular formula is C10H21ClN4O3S. The number of carbonyl (C=O) groups excluding carboxylic acids is 1. The largest absolute Gasteiger partial charge is 0.340 e. The SMILES string of the molecule is CC1(C(=O)N2CCN(S(N)(=O)=O)CC2)CCNC1.Cl. The van der Waals surface area contributed by atoms with Crippen LogP contribution in [0.2, 0.25) is 0 Å². The molecule has 0 aromatic rings. The minimum absolute atomic E-state index is 0. The molecule has 0 aromatic carbocycles. The van der Waals surface area contributed by atoms with Crippen LogP contribution in [0.1, 0.15) is 13.3 Å². The molecule has 1 unspecified atom stereocenters. The molecule has 1 atom stereocenters. The van der Waals surface area contributed by atoms with Gasteiger partial charge < -0.3 is 10.2 Å². The van der Waals surface area contributed by atoms with Crippen LogP contribution in [0.4, 0.5) is 0 Å². The number of piperazine rings is 1. The fourth-order valence-corrected chi connectivity index (χ4v) is 3.20. The van der Waals surface area contributed by atoms with Crippen LogP contribution in [0, 0.1) is 5.41 Å². The second-order valence-corrected chi connectivity index (χ2v) is 6.77. The van der Waals surface area contributed by atoms with Gasteiger partial charge in [-0.05, 0) is 19.9 Å². The van der Waals surface area contributed by atoms with Gasteiger partial charge in [0, 0.05) is 32.7 Å². The third-order valence-corrected chi connectivity index (χ3v) is 4.86. The summed E-state index contributed by atoms with van der Waals surface area (Å²) in [6.07, 6.45) is 0.835. The summed E-state index contributed by atoms with van der Waals surface area (Å²) >= 11 is 0. The van der Waals surface area contributed by atoms with Gasteiger partial charge in [0.05, 0.1) is 5.41 Å². The normalized spacial score (nSPS) is 29.1. The molecule has 0 bridgehead atoms. The highest BCUT2D eigenvalue weighted by Crippen LogP contribution is 2.27. The topological polar surface area (TPSA) is 95.7 Å². The van der Waals surface area contributed by atoms with Crippen LogP contribution in [-0.4, -0.2) is 62.8 Å². The second-order valence-electron chi connectivity index (χ2n) is 5.22. The highest BCUT2D eigenvalue weighted by molar-refractivity contribution is 7.86. The molecule has 0 spiro atoms. The van der Waals surface area contributed by atoms with E-state index >= 15 is 0 Å². The molecule has 0 saturated carbocycles. The lowest BCUT2D eigenvalue weighted by molar-refractivity contribution is -0.141. The maximum Gasteiger partial charge on any atom is 0.277 e. The van der Waals surface area contributed by atoms with Crippen molar-refractivity contribution in [3.8, 4) is 0 Å². The maximum absolute atomic E-state index is 12.4. The zero-order valence-corrected chi connectivity index (χ0v) is 12.6. The van der Waals surface area contributed by atoms with Crippen molar-refractivity contribution in [3.63, 3.8) is 0 Å². The van der Waals surface area contributed by atoms with Crippen LogP contribution in [0.15, 0.2) is 0 Å². The van der Waals surface area contributed by atoms with Crippen molar-refractivity contribution in [2.24, 2.45) is 10.6 Å². The van der Waals surface area contributed by atoms with Gasteiger partial charge in [0.15, 0.2) is 0 Å². The molecule has 0 radical (unpaired) electrons. The molecule has 0 aromatic heterocycles. The summed E-state index contributed by atoms with van der Waals surface area (Å²) in [5, 5.41) is 8.26. The Hall–Kier alpha value is -0.410. The molecule has 2 fully saturated rings.